The van der Waals surface area contributed by atoms with Crippen LogP contribution in [0.1, 0.15) is 23.6 Å². The fourth-order valence-corrected chi connectivity index (χ4v) is 2.75. The lowest BCUT2D eigenvalue weighted by Gasteiger charge is -2.26. The van der Waals surface area contributed by atoms with E-state index in [1.165, 1.54) is 0 Å². The first-order chi connectivity index (χ1) is 10.7. The molecule has 2 aromatic carbocycles. The Bertz CT molecular complexity index is 670. The molecule has 0 bridgehead atoms. The molecule has 1 aliphatic heterocycles. The summed E-state index contributed by atoms with van der Waals surface area (Å²) in [5, 5.41) is 3.30. The Kier molecular flexibility index (Phi) is 4.63. The van der Waals surface area contributed by atoms with E-state index in [4.69, 9.17) is 10.5 Å². The lowest BCUT2D eigenvalue weighted by Crippen LogP contribution is -2.37. The SMILES string of the molecule is NC(=NCc1ccc(Br)cc1)NC1CCOc2ccccc21. The molecule has 3 N–H and O–H groups in total. The maximum Gasteiger partial charge on any atom is 0.189 e. The van der Waals surface area contributed by atoms with Gasteiger partial charge in [0.25, 0.3) is 0 Å². The quantitative estimate of drug-likeness (QED) is 0.652. The molecule has 2 aromatic rings. The summed E-state index contributed by atoms with van der Waals surface area (Å²) in [7, 11) is 0. The Labute approximate surface area is 138 Å². The summed E-state index contributed by atoms with van der Waals surface area (Å²) in [5.74, 6) is 1.39. The summed E-state index contributed by atoms with van der Waals surface area (Å²) in [6, 6.07) is 16.3. The number of aliphatic imine (C=N–C) groups is 1. The predicted molar refractivity (Wildman–Crippen MR) is 91.9 cm³/mol. The van der Waals surface area contributed by atoms with E-state index >= 15 is 0 Å². The van der Waals surface area contributed by atoms with Gasteiger partial charge in [0.1, 0.15) is 5.75 Å². The minimum absolute atomic E-state index is 0.151. The number of halogens is 1. The van der Waals surface area contributed by atoms with Gasteiger partial charge in [-0.1, -0.05) is 46.3 Å². The molecule has 0 amide bonds. The highest BCUT2D eigenvalue weighted by molar-refractivity contribution is 9.10. The zero-order valence-electron chi connectivity index (χ0n) is 12.1. The van der Waals surface area contributed by atoms with Crippen molar-refractivity contribution in [2.24, 2.45) is 10.7 Å². The number of hydrogen-bond acceptors (Lipinski definition) is 2. The van der Waals surface area contributed by atoms with E-state index < -0.39 is 0 Å². The maximum absolute atomic E-state index is 6.03. The van der Waals surface area contributed by atoms with Crippen molar-refractivity contribution >= 4 is 21.9 Å². The smallest absolute Gasteiger partial charge is 0.189 e. The van der Waals surface area contributed by atoms with Crippen molar-refractivity contribution in [3.05, 3.63) is 64.1 Å². The van der Waals surface area contributed by atoms with Gasteiger partial charge in [-0.3, -0.25) is 0 Å². The van der Waals surface area contributed by atoms with E-state index in [0.717, 1.165) is 27.8 Å². The van der Waals surface area contributed by atoms with E-state index in [-0.39, 0.29) is 6.04 Å². The molecule has 0 saturated carbocycles. The summed E-state index contributed by atoms with van der Waals surface area (Å²) in [5.41, 5.74) is 8.29. The minimum Gasteiger partial charge on any atom is -0.493 e. The summed E-state index contributed by atoms with van der Waals surface area (Å²) in [4.78, 5) is 4.42. The number of para-hydroxylation sites is 1. The molecule has 1 aliphatic rings. The second-order valence-electron chi connectivity index (χ2n) is 5.20. The first-order valence-corrected chi connectivity index (χ1v) is 8.04. The molecule has 3 rings (SSSR count). The van der Waals surface area contributed by atoms with Gasteiger partial charge in [0, 0.05) is 16.5 Å². The lowest BCUT2D eigenvalue weighted by molar-refractivity contribution is 0.262. The number of nitrogens with zero attached hydrogens (tertiary/aromatic N) is 1. The van der Waals surface area contributed by atoms with E-state index in [1.807, 2.05) is 42.5 Å². The van der Waals surface area contributed by atoms with Gasteiger partial charge >= 0.3 is 0 Å². The van der Waals surface area contributed by atoms with E-state index in [1.54, 1.807) is 0 Å². The third-order valence-electron chi connectivity index (χ3n) is 3.63. The number of nitrogens with two attached hydrogens (primary N) is 1. The van der Waals surface area contributed by atoms with E-state index in [9.17, 15) is 0 Å². The number of ether oxygens (including phenoxy) is 1. The summed E-state index contributed by atoms with van der Waals surface area (Å²) in [6.45, 7) is 1.26. The van der Waals surface area contributed by atoms with Crippen LogP contribution in [0, 0.1) is 0 Å². The number of benzene rings is 2. The molecule has 5 heteroatoms. The van der Waals surface area contributed by atoms with Gasteiger partial charge in [-0.15, -0.1) is 0 Å². The first kappa shape index (κ1) is 14.9. The molecule has 0 radical (unpaired) electrons. The highest BCUT2D eigenvalue weighted by atomic mass is 79.9. The molecular formula is C17H18BrN3O. The van der Waals surface area contributed by atoms with Crippen LogP contribution in [0.2, 0.25) is 0 Å². The Morgan fingerprint density at radius 3 is 2.82 bits per heavy atom. The van der Waals surface area contributed by atoms with Gasteiger partial charge in [0.05, 0.1) is 19.2 Å². The van der Waals surface area contributed by atoms with Gasteiger partial charge in [-0.05, 0) is 23.8 Å². The molecule has 114 valence electrons. The molecule has 4 nitrogen and oxygen atoms in total. The Morgan fingerprint density at radius 2 is 2.00 bits per heavy atom. The summed E-state index contributed by atoms with van der Waals surface area (Å²) >= 11 is 3.42. The van der Waals surface area contributed by atoms with E-state index in [0.29, 0.717) is 19.1 Å². The fraction of sp³-hybridized carbons (Fsp3) is 0.235. The molecule has 0 aromatic heterocycles. The van der Waals surface area contributed by atoms with Crippen LogP contribution >= 0.6 is 15.9 Å². The molecule has 22 heavy (non-hydrogen) atoms. The monoisotopic (exact) mass is 359 g/mol. The highest BCUT2D eigenvalue weighted by Gasteiger charge is 2.21. The normalized spacial score (nSPS) is 17.5. The first-order valence-electron chi connectivity index (χ1n) is 7.25. The van der Waals surface area contributed by atoms with Crippen molar-refractivity contribution in [3.63, 3.8) is 0 Å². The number of hydrogen-bond donors (Lipinski definition) is 2. The lowest BCUT2D eigenvalue weighted by atomic mass is 10.0. The van der Waals surface area contributed by atoms with Crippen LogP contribution in [-0.2, 0) is 6.54 Å². The average molecular weight is 360 g/mol. The van der Waals surface area contributed by atoms with Crippen LogP contribution in [0.25, 0.3) is 0 Å². The van der Waals surface area contributed by atoms with Crippen LogP contribution in [0.4, 0.5) is 0 Å². The van der Waals surface area contributed by atoms with Gasteiger partial charge < -0.3 is 15.8 Å². The van der Waals surface area contributed by atoms with Crippen LogP contribution < -0.4 is 15.8 Å². The molecule has 0 aliphatic carbocycles. The topological polar surface area (TPSA) is 59.6 Å². The summed E-state index contributed by atoms with van der Waals surface area (Å²) in [6.07, 6.45) is 0.880. The molecule has 1 unspecified atom stereocenters. The summed E-state index contributed by atoms with van der Waals surface area (Å²) < 4.78 is 6.71. The van der Waals surface area contributed by atoms with Crippen LogP contribution in [0.5, 0.6) is 5.75 Å². The maximum atomic E-state index is 6.03. The second-order valence-corrected chi connectivity index (χ2v) is 6.12. The largest absolute Gasteiger partial charge is 0.493 e. The molecule has 0 saturated heterocycles. The third-order valence-corrected chi connectivity index (χ3v) is 4.15. The van der Waals surface area contributed by atoms with Crippen molar-refractivity contribution < 1.29 is 4.74 Å². The Balaban J connectivity index is 1.65. The zero-order valence-corrected chi connectivity index (χ0v) is 13.7. The predicted octanol–water partition coefficient (Wildman–Crippen LogP) is 3.38. The minimum atomic E-state index is 0.151. The Hall–Kier alpha value is -2.01. The van der Waals surface area contributed by atoms with Crippen molar-refractivity contribution in [3.8, 4) is 5.75 Å². The molecular weight excluding hydrogens is 342 g/mol. The van der Waals surface area contributed by atoms with Crippen LogP contribution in [0.3, 0.4) is 0 Å². The molecule has 1 heterocycles. The van der Waals surface area contributed by atoms with E-state index in [2.05, 4.69) is 32.3 Å². The molecule has 0 fully saturated rings. The van der Waals surface area contributed by atoms with Gasteiger partial charge in [-0.25, -0.2) is 4.99 Å². The van der Waals surface area contributed by atoms with Gasteiger partial charge in [0.2, 0.25) is 0 Å². The fourth-order valence-electron chi connectivity index (χ4n) is 2.48. The third kappa shape index (κ3) is 3.60. The highest BCUT2D eigenvalue weighted by Crippen LogP contribution is 2.31. The number of nitrogens with one attached hydrogen (secondary N) is 1. The molecule has 0 spiro atoms. The van der Waals surface area contributed by atoms with Crippen molar-refractivity contribution in [1.82, 2.24) is 5.32 Å². The number of guanidine groups is 1. The number of fused-ring (bicyclic) bond motifs is 1. The standard InChI is InChI=1S/C17H18BrN3O/c18-13-7-5-12(6-8-13)11-20-17(19)21-15-9-10-22-16-4-2-1-3-14(15)16/h1-8,15H,9-11H2,(H3,19,20,21). The van der Waals surface area contributed by atoms with Gasteiger partial charge in [-0.2, -0.15) is 0 Å². The van der Waals surface area contributed by atoms with Gasteiger partial charge in [0.15, 0.2) is 5.96 Å². The zero-order chi connectivity index (χ0) is 15.4. The molecule has 1 atom stereocenters. The van der Waals surface area contributed by atoms with Crippen molar-refractivity contribution in [2.75, 3.05) is 6.61 Å². The van der Waals surface area contributed by atoms with Crippen LogP contribution in [0.15, 0.2) is 58.0 Å². The van der Waals surface area contributed by atoms with Crippen molar-refractivity contribution in [1.29, 1.82) is 0 Å². The second kappa shape index (κ2) is 6.83. The van der Waals surface area contributed by atoms with Crippen molar-refractivity contribution in [2.45, 2.75) is 19.0 Å². The average Bonchev–Trinajstić information content (AvgIpc) is 2.55. The number of rotatable bonds is 3. The van der Waals surface area contributed by atoms with Crippen LogP contribution in [-0.4, -0.2) is 12.6 Å². The Morgan fingerprint density at radius 1 is 1.23 bits per heavy atom.